The van der Waals surface area contributed by atoms with Gasteiger partial charge in [0.1, 0.15) is 17.2 Å². The number of aromatic nitrogens is 1. The van der Waals surface area contributed by atoms with Crippen molar-refractivity contribution < 1.29 is 34.4 Å². The molecule has 11 heteroatoms. The quantitative estimate of drug-likeness (QED) is 0.331. The maximum absolute atomic E-state index is 12.7. The number of hydrogen-bond donors (Lipinski definition) is 4. The third kappa shape index (κ3) is 4.61. The van der Waals surface area contributed by atoms with E-state index < -0.39 is 35.2 Å². The Hall–Kier alpha value is -3.60. The van der Waals surface area contributed by atoms with Gasteiger partial charge in [0.15, 0.2) is 12.6 Å². The van der Waals surface area contributed by atoms with Crippen LogP contribution in [0.5, 0.6) is 17.5 Å². The number of aliphatic carboxylic acids is 1. The standard InChI is InChI=1S/C20H21N3O7S/c1-11(2)17(20(28)29)22-18(27)16(19(22)31-23-14(25)8-9-15(23)26)21-13(24)10-30-12-6-4-3-5-7-12/h3-9,16-17,19,25-26H,1,10H2,2H3,(H,21,24)(H,28,29). The Labute approximate surface area is 181 Å². The zero-order valence-electron chi connectivity index (χ0n) is 16.5. The zero-order chi connectivity index (χ0) is 22.7. The molecule has 10 nitrogen and oxygen atoms in total. The molecule has 0 bridgehead atoms. The number of likely N-dealkylation sites (tertiary alicyclic amines) is 1. The van der Waals surface area contributed by atoms with E-state index in [0.29, 0.717) is 5.75 Å². The molecular formula is C20H21N3O7S. The number of hydrogen-bond acceptors (Lipinski definition) is 7. The van der Waals surface area contributed by atoms with Gasteiger partial charge in [-0.05, 0) is 36.6 Å². The van der Waals surface area contributed by atoms with E-state index in [1.165, 1.54) is 19.1 Å². The maximum atomic E-state index is 12.7. The highest BCUT2D eigenvalue weighted by atomic mass is 32.2. The molecule has 1 saturated heterocycles. The lowest BCUT2D eigenvalue weighted by Gasteiger charge is -2.49. The van der Waals surface area contributed by atoms with E-state index in [-0.39, 0.29) is 23.9 Å². The van der Waals surface area contributed by atoms with Crippen molar-refractivity contribution >= 4 is 29.7 Å². The number of benzene rings is 1. The highest BCUT2D eigenvalue weighted by Crippen LogP contribution is 2.39. The van der Waals surface area contributed by atoms with Gasteiger partial charge in [0, 0.05) is 12.1 Å². The van der Waals surface area contributed by atoms with Gasteiger partial charge in [-0.25, -0.2) is 8.77 Å². The summed E-state index contributed by atoms with van der Waals surface area (Å²) in [5.74, 6) is -2.64. The number of para-hydroxylation sites is 1. The summed E-state index contributed by atoms with van der Waals surface area (Å²) in [6.45, 7) is 4.75. The molecule has 1 aliphatic rings. The average Bonchev–Trinajstić information content (AvgIpc) is 3.05. The van der Waals surface area contributed by atoms with Crippen LogP contribution in [0.2, 0.25) is 0 Å². The van der Waals surface area contributed by atoms with E-state index >= 15 is 0 Å². The van der Waals surface area contributed by atoms with E-state index in [2.05, 4.69) is 11.9 Å². The Morgan fingerprint density at radius 1 is 1.19 bits per heavy atom. The molecular weight excluding hydrogens is 426 g/mol. The highest BCUT2D eigenvalue weighted by Gasteiger charge is 2.54. The predicted octanol–water partition coefficient (Wildman–Crippen LogP) is 1.16. The third-order valence-electron chi connectivity index (χ3n) is 4.50. The molecule has 2 aromatic rings. The first-order valence-corrected chi connectivity index (χ1v) is 9.98. The largest absolute Gasteiger partial charge is 0.494 e. The van der Waals surface area contributed by atoms with E-state index in [0.717, 1.165) is 20.8 Å². The lowest BCUT2D eigenvalue weighted by Crippen LogP contribution is -2.73. The number of amides is 2. The topological polar surface area (TPSA) is 141 Å². The fraction of sp³-hybridized carbons (Fsp3) is 0.250. The number of aromatic hydroxyl groups is 2. The minimum absolute atomic E-state index is 0.213. The summed E-state index contributed by atoms with van der Waals surface area (Å²) >= 11 is 0.792. The molecule has 0 aliphatic carbocycles. The molecule has 2 heterocycles. The van der Waals surface area contributed by atoms with Gasteiger partial charge in [-0.3, -0.25) is 9.59 Å². The minimum atomic E-state index is -1.33. The highest BCUT2D eigenvalue weighted by molar-refractivity contribution is 7.98. The molecule has 1 aromatic heterocycles. The SMILES string of the molecule is C=C(C)C(C(=O)O)N1C(=O)C(NC(=O)COc2ccccc2)C1Sn1c(O)ccc1O. The van der Waals surface area contributed by atoms with Crippen LogP contribution in [0, 0.1) is 0 Å². The Balaban J connectivity index is 1.77. The van der Waals surface area contributed by atoms with Gasteiger partial charge in [-0.15, -0.1) is 0 Å². The maximum Gasteiger partial charge on any atom is 0.330 e. The first-order chi connectivity index (χ1) is 14.7. The fourth-order valence-corrected chi connectivity index (χ4v) is 4.26. The van der Waals surface area contributed by atoms with Crippen LogP contribution in [-0.4, -0.2) is 66.0 Å². The number of carboxylic acids is 1. The number of carbonyl (C=O) groups is 3. The smallest absolute Gasteiger partial charge is 0.330 e. The number of nitrogens with one attached hydrogen (secondary N) is 1. The van der Waals surface area contributed by atoms with Gasteiger partial charge < -0.3 is 30.3 Å². The number of nitrogens with zero attached hydrogens (tertiary/aromatic N) is 2. The molecule has 0 spiro atoms. The summed E-state index contributed by atoms with van der Waals surface area (Å²) in [6, 6.07) is 8.67. The summed E-state index contributed by atoms with van der Waals surface area (Å²) in [5.41, 5.74) is 0.213. The molecule has 1 aliphatic heterocycles. The molecule has 3 unspecified atom stereocenters. The number of ether oxygens (including phenoxy) is 1. The third-order valence-corrected chi connectivity index (χ3v) is 5.80. The van der Waals surface area contributed by atoms with Crippen LogP contribution in [0.1, 0.15) is 6.92 Å². The van der Waals surface area contributed by atoms with Crippen LogP contribution >= 0.6 is 11.9 Å². The zero-order valence-corrected chi connectivity index (χ0v) is 17.3. The number of rotatable bonds is 9. The molecule has 1 fully saturated rings. The van der Waals surface area contributed by atoms with Gasteiger partial charge in [0.05, 0.1) is 0 Å². The number of β-lactam (4-membered cyclic amide) rings is 1. The normalized spacial score (nSPS) is 18.7. The lowest BCUT2D eigenvalue weighted by molar-refractivity contribution is -0.160. The Morgan fingerprint density at radius 3 is 2.35 bits per heavy atom. The second-order valence-electron chi connectivity index (χ2n) is 6.82. The van der Waals surface area contributed by atoms with E-state index in [1.54, 1.807) is 30.3 Å². The summed E-state index contributed by atoms with van der Waals surface area (Å²) in [5, 5.41) is 31.0. The first kappa shape index (κ1) is 22.1. The van der Waals surface area contributed by atoms with Crippen LogP contribution < -0.4 is 10.1 Å². The second-order valence-corrected chi connectivity index (χ2v) is 7.88. The molecule has 4 N–H and O–H groups in total. The number of carboxylic acid groups (broad SMARTS) is 1. The van der Waals surface area contributed by atoms with Gasteiger partial charge in [-0.2, -0.15) is 0 Å². The molecule has 164 valence electrons. The van der Waals surface area contributed by atoms with Crippen molar-refractivity contribution in [2.24, 2.45) is 0 Å². The van der Waals surface area contributed by atoms with Gasteiger partial charge >= 0.3 is 5.97 Å². The van der Waals surface area contributed by atoms with Gasteiger partial charge in [0.2, 0.25) is 17.7 Å². The molecule has 2 amide bonds. The molecule has 0 radical (unpaired) electrons. The fourth-order valence-electron chi connectivity index (χ4n) is 3.07. The Kier molecular flexibility index (Phi) is 6.44. The van der Waals surface area contributed by atoms with Gasteiger partial charge in [-0.1, -0.05) is 24.8 Å². The Bertz CT molecular complexity index is 974. The van der Waals surface area contributed by atoms with Crippen molar-refractivity contribution in [2.45, 2.75) is 24.4 Å². The van der Waals surface area contributed by atoms with Crippen LogP contribution in [0.3, 0.4) is 0 Å². The summed E-state index contributed by atoms with van der Waals surface area (Å²) in [4.78, 5) is 37.8. The van der Waals surface area contributed by atoms with E-state index in [4.69, 9.17) is 4.74 Å². The molecule has 3 atom stereocenters. The minimum Gasteiger partial charge on any atom is -0.494 e. The van der Waals surface area contributed by atoms with Crippen LogP contribution in [0.4, 0.5) is 0 Å². The molecule has 31 heavy (non-hydrogen) atoms. The van der Waals surface area contributed by atoms with Crippen LogP contribution in [-0.2, 0) is 14.4 Å². The first-order valence-electron chi connectivity index (χ1n) is 9.15. The molecule has 0 saturated carbocycles. The van der Waals surface area contributed by atoms with Crippen molar-refractivity contribution in [3.8, 4) is 17.5 Å². The monoisotopic (exact) mass is 447 g/mol. The van der Waals surface area contributed by atoms with Crippen molar-refractivity contribution in [1.82, 2.24) is 14.2 Å². The van der Waals surface area contributed by atoms with Crippen LogP contribution in [0.25, 0.3) is 0 Å². The summed E-state index contributed by atoms with van der Waals surface area (Å²) in [6.07, 6.45) is 0. The predicted molar refractivity (Wildman–Crippen MR) is 111 cm³/mol. The average molecular weight is 447 g/mol. The molecule has 1 aromatic carbocycles. The van der Waals surface area contributed by atoms with Crippen LogP contribution in [0.15, 0.2) is 54.6 Å². The summed E-state index contributed by atoms with van der Waals surface area (Å²) < 4.78 is 6.39. The lowest BCUT2D eigenvalue weighted by atomic mass is 9.99. The molecule has 3 rings (SSSR count). The van der Waals surface area contributed by atoms with Crippen molar-refractivity contribution in [2.75, 3.05) is 6.61 Å². The van der Waals surface area contributed by atoms with E-state index in [1.807, 2.05) is 0 Å². The number of carbonyl (C=O) groups excluding carboxylic acids is 2. The summed E-state index contributed by atoms with van der Waals surface area (Å²) in [7, 11) is 0. The second kappa shape index (κ2) is 9.04. The van der Waals surface area contributed by atoms with Crippen molar-refractivity contribution in [3.05, 3.63) is 54.6 Å². The van der Waals surface area contributed by atoms with Crippen molar-refractivity contribution in [3.63, 3.8) is 0 Å². The van der Waals surface area contributed by atoms with Gasteiger partial charge in [0.25, 0.3) is 5.91 Å². The Morgan fingerprint density at radius 2 is 1.81 bits per heavy atom. The van der Waals surface area contributed by atoms with E-state index in [9.17, 15) is 29.7 Å². The van der Waals surface area contributed by atoms with Crippen molar-refractivity contribution in [1.29, 1.82) is 0 Å².